The first-order valence-corrected chi connectivity index (χ1v) is 12.7. The van der Waals surface area contributed by atoms with Crippen molar-refractivity contribution in [2.75, 3.05) is 24.6 Å². The Morgan fingerprint density at radius 1 is 1.00 bits per heavy atom. The van der Waals surface area contributed by atoms with E-state index in [0.717, 1.165) is 11.8 Å². The standard InChI is InChI=1S/C25H29N3O6S/c1-34-20-11-8-18(9-12-20)24(25(31)27-15-17-6-4-3-5-7-17)26-16-23(30)19-10-13-22(29)21(14-19)28-35(2,32)33/h3-14,23-24,26,28-30H,15-16H2,1-2H3,(H,27,31)/t23-,24?/m1/s1. The number of carbonyl (C=O) groups excluding carboxylic acids is 1. The number of amides is 1. The zero-order valence-electron chi connectivity index (χ0n) is 19.4. The molecule has 0 aromatic heterocycles. The van der Waals surface area contributed by atoms with Crippen molar-refractivity contribution < 1.29 is 28.2 Å². The number of hydrogen-bond acceptors (Lipinski definition) is 7. The average molecular weight is 500 g/mol. The van der Waals surface area contributed by atoms with Gasteiger partial charge in [-0.25, -0.2) is 8.42 Å². The fourth-order valence-corrected chi connectivity index (χ4v) is 4.00. The van der Waals surface area contributed by atoms with Gasteiger partial charge in [0.1, 0.15) is 17.5 Å². The molecular formula is C25H29N3O6S. The molecule has 3 aromatic rings. The van der Waals surface area contributed by atoms with E-state index in [0.29, 0.717) is 23.4 Å². The van der Waals surface area contributed by atoms with Crippen molar-refractivity contribution in [1.82, 2.24) is 10.6 Å². The van der Waals surface area contributed by atoms with Crippen LogP contribution in [0.2, 0.25) is 0 Å². The van der Waals surface area contributed by atoms with Gasteiger partial charge in [0.15, 0.2) is 0 Å². The second-order valence-electron chi connectivity index (χ2n) is 7.98. The van der Waals surface area contributed by atoms with Crippen LogP contribution in [0.4, 0.5) is 5.69 Å². The Balaban J connectivity index is 1.75. The molecule has 9 nitrogen and oxygen atoms in total. The van der Waals surface area contributed by atoms with Gasteiger partial charge < -0.3 is 20.3 Å². The summed E-state index contributed by atoms with van der Waals surface area (Å²) in [6.45, 7) is 0.327. The summed E-state index contributed by atoms with van der Waals surface area (Å²) in [7, 11) is -2.07. The first-order valence-electron chi connectivity index (χ1n) is 10.8. The third-order valence-electron chi connectivity index (χ3n) is 5.24. The predicted octanol–water partition coefficient (Wildman–Crippen LogP) is 2.45. The molecule has 1 amide bonds. The highest BCUT2D eigenvalue weighted by atomic mass is 32.2. The van der Waals surface area contributed by atoms with Crippen molar-refractivity contribution in [3.8, 4) is 11.5 Å². The lowest BCUT2D eigenvalue weighted by atomic mass is 10.0. The van der Waals surface area contributed by atoms with Crippen LogP contribution in [0, 0.1) is 0 Å². The molecule has 3 rings (SSSR count). The number of rotatable bonds is 11. The SMILES string of the molecule is COc1ccc(C(NC[C@@H](O)c2ccc(O)c(NS(C)(=O)=O)c2)C(=O)NCc2ccccc2)cc1. The van der Waals surface area contributed by atoms with Crippen LogP contribution in [0.3, 0.4) is 0 Å². The molecule has 0 radical (unpaired) electrons. The van der Waals surface area contributed by atoms with Crippen LogP contribution in [0.1, 0.15) is 28.8 Å². The number of methoxy groups -OCH3 is 1. The Hall–Kier alpha value is -3.60. The van der Waals surface area contributed by atoms with E-state index in [1.54, 1.807) is 31.4 Å². The van der Waals surface area contributed by atoms with Gasteiger partial charge in [0.2, 0.25) is 15.9 Å². The van der Waals surface area contributed by atoms with Gasteiger partial charge in [0.25, 0.3) is 0 Å². The van der Waals surface area contributed by atoms with E-state index in [9.17, 15) is 23.4 Å². The normalized spacial score (nSPS) is 13.0. The van der Waals surface area contributed by atoms with Gasteiger partial charge in [-0.15, -0.1) is 0 Å². The summed E-state index contributed by atoms with van der Waals surface area (Å²) in [6.07, 6.45) is -0.122. The Morgan fingerprint density at radius 2 is 1.66 bits per heavy atom. The fourth-order valence-electron chi connectivity index (χ4n) is 3.44. The van der Waals surface area contributed by atoms with E-state index in [4.69, 9.17) is 4.74 Å². The van der Waals surface area contributed by atoms with Crippen LogP contribution in [-0.4, -0.2) is 44.4 Å². The molecule has 2 atom stereocenters. The van der Waals surface area contributed by atoms with E-state index in [2.05, 4.69) is 15.4 Å². The van der Waals surface area contributed by atoms with E-state index in [1.165, 1.54) is 18.2 Å². The summed E-state index contributed by atoms with van der Waals surface area (Å²) >= 11 is 0. The highest BCUT2D eigenvalue weighted by Gasteiger charge is 2.22. The molecule has 5 N–H and O–H groups in total. The van der Waals surface area contributed by atoms with Crippen molar-refractivity contribution in [1.29, 1.82) is 0 Å². The van der Waals surface area contributed by atoms with Gasteiger partial charge in [0, 0.05) is 13.1 Å². The van der Waals surface area contributed by atoms with Gasteiger partial charge in [-0.3, -0.25) is 14.8 Å². The maximum absolute atomic E-state index is 13.1. The third-order valence-corrected chi connectivity index (χ3v) is 5.83. The summed E-state index contributed by atoms with van der Waals surface area (Å²) < 4.78 is 30.5. The molecular weight excluding hydrogens is 470 g/mol. The minimum Gasteiger partial charge on any atom is -0.506 e. The van der Waals surface area contributed by atoms with Gasteiger partial charge in [0.05, 0.1) is 25.2 Å². The van der Waals surface area contributed by atoms with Crippen LogP contribution in [0.25, 0.3) is 0 Å². The van der Waals surface area contributed by atoms with E-state index in [-0.39, 0.29) is 23.9 Å². The molecule has 0 aliphatic rings. The molecule has 35 heavy (non-hydrogen) atoms. The highest BCUT2D eigenvalue weighted by molar-refractivity contribution is 7.92. The number of phenols is 1. The number of phenolic OH excluding ortho intramolecular Hbond substituents is 1. The van der Waals surface area contributed by atoms with Crippen molar-refractivity contribution in [3.63, 3.8) is 0 Å². The second kappa shape index (κ2) is 11.7. The molecule has 10 heteroatoms. The summed E-state index contributed by atoms with van der Waals surface area (Å²) in [5, 5.41) is 26.7. The summed E-state index contributed by atoms with van der Waals surface area (Å²) in [5.41, 5.74) is 1.94. The monoisotopic (exact) mass is 499 g/mol. The first-order chi connectivity index (χ1) is 16.7. The Kier molecular flexibility index (Phi) is 8.69. The van der Waals surface area contributed by atoms with E-state index in [1.807, 2.05) is 30.3 Å². The lowest BCUT2D eigenvalue weighted by Gasteiger charge is -2.22. The van der Waals surface area contributed by atoms with E-state index < -0.39 is 22.2 Å². The summed E-state index contributed by atoms with van der Waals surface area (Å²) in [4.78, 5) is 13.1. The molecule has 0 fully saturated rings. The largest absolute Gasteiger partial charge is 0.506 e. The summed E-state index contributed by atoms with van der Waals surface area (Å²) in [6, 6.07) is 19.9. The van der Waals surface area contributed by atoms with Crippen LogP contribution in [0.15, 0.2) is 72.8 Å². The number of ether oxygens (including phenoxy) is 1. The molecule has 0 aliphatic carbocycles. The number of hydrogen-bond donors (Lipinski definition) is 5. The number of aliphatic hydroxyl groups is 1. The Bertz CT molecular complexity index is 1230. The third kappa shape index (κ3) is 7.71. The molecule has 0 bridgehead atoms. The van der Waals surface area contributed by atoms with Crippen LogP contribution < -0.4 is 20.1 Å². The van der Waals surface area contributed by atoms with Crippen LogP contribution in [0.5, 0.6) is 11.5 Å². The number of anilines is 1. The predicted molar refractivity (Wildman–Crippen MR) is 134 cm³/mol. The number of sulfonamides is 1. The zero-order valence-corrected chi connectivity index (χ0v) is 20.2. The minimum absolute atomic E-state index is 0.0153. The zero-order chi connectivity index (χ0) is 25.4. The fraction of sp³-hybridized carbons (Fsp3) is 0.240. The average Bonchev–Trinajstić information content (AvgIpc) is 2.84. The summed E-state index contributed by atoms with van der Waals surface area (Å²) in [5.74, 6) is 0.0966. The number of benzene rings is 3. The molecule has 0 saturated carbocycles. The quantitative estimate of drug-likeness (QED) is 0.256. The Morgan fingerprint density at radius 3 is 2.29 bits per heavy atom. The molecule has 3 aromatic carbocycles. The lowest BCUT2D eigenvalue weighted by molar-refractivity contribution is -0.123. The first kappa shape index (κ1) is 26.0. The van der Waals surface area contributed by atoms with Gasteiger partial charge in [-0.2, -0.15) is 0 Å². The number of nitrogens with one attached hydrogen (secondary N) is 3. The van der Waals surface area contributed by atoms with Crippen molar-refractivity contribution in [2.45, 2.75) is 18.7 Å². The highest BCUT2D eigenvalue weighted by Crippen LogP contribution is 2.28. The van der Waals surface area contributed by atoms with Crippen LogP contribution in [-0.2, 0) is 21.4 Å². The molecule has 0 heterocycles. The Labute approximate surface area is 204 Å². The minimum atomic E-state index is -3.62. The van der Waals surface area contributed by atoms with Gasteiger partial charge in [-0.05, 0) is 41.0 Å². The number of aliphatic hydroxyl groups excluding tert-OH is 1. The second-order valence-corrected chi connectivity index (χ2v) is 9.73. The molecule has 1 unspecified atom stereocenters. The van der Waals surface area contributed by atoms with Gasteiger partial charge >= 0.3 is 0 Å². The van der Waals surface area contributed by atoms with Crippen LogP contribution >= 0.6 is 0 Å². The van der Waals surface area contributed by atoms with Crippen molar-refractivity contribution in [3.05, 3.63) is 89.5 Å². The molecule has 0 saturated heterocycles. The number of carbonyl (C=O) groups is 1. The lowest BCUT2D eigenvalue weighted by Crippen LogP contribution is -2.39. The molecule has 0 aliphatic heterocycles. The maximum Gasteiger partial charge on any atom is 0.242 e. The van der Waals surface area contributed by atoms with Crippen molar-refractivity contribution in [2.24, 2.45) is 0 Å². The number of aromatic hydroxyl groups is 1. The molecule has 0 spiro atoms. The molecule has 186 valence electrons. The maximum atomic E-state index is 13.1. The van der Waals surface area contributed by atoms with E-state index >= 15 is 0 Å². The topological polar surface area (TPSA) is 137 Å². The van der Waals surface area contributed by atoms with Gasteiger partial charge in [-0.1, -0.05) is 48.5 Å². The smallest absolute Gasteiger partial charge is 0.242 e. The van der Waals surface area contributed by atoms with Crippen molar-refractivity contribution >= 4 is 21.6 Å².